The zero-order valence-electron chi connectivity index (χ0n) is 10.6. The molecule has 2 heterocycles. The normalized spacial score (nSPS) is 11.2. The Labute approximate surface area is 115 Å². The van der Waals surface area contributed by atoms with Crippen LogP contribution in [0.1, 0.15) is 5.56 Å². The zero-order valence-corrected chi connectivity index (χ0v) is 11.4. The first-order chi connectivity index (χ1) is 9.20. The maximum absolute atomic E-state index is 5.62. The number of aromatic amines is 1. The van der Waals surface area contributed by atoms with Gasteiger partial charge in [-0.05, 0) is 24.6 Å². The number of nitrogens with zero attached hydrogens (tertiary/aromatic N) is 3. The number of benzene rings is 1. The van der Waals surface area contributed by atoms with Crippen LogP contribution in [0, 0.1) is 6.92 Å². The van der Waals surface area contributed by atoms with Crippen LogP contribution >= 0.6 is 11.8 Å². The summed E-state index contributed by atoms with van der Waals surface area (Å²) in [4.78, 5) is 7.87. The SMILES string of the molecule is Cc1ccc2nc(SCCn3cc(N)cn3)[nH]c2c1. The van der Waals surface area contributed by atoms with Crippen LogP contribution in [0.5, 0.6) is 0 Å². The summed E-state index contributed by atoms with van der Waals surface area (Å²) in [6, 6.07) is 6.23. The first-order valence-corrected chi connectivity index (χ1v) is 7.06. The van der Waals surface area contributed by atoms with E-state index in [9.17, 15) is 0 Å². The number of aryl methyl sites for hydroxylation is 2. The highest BCUT2D eigenvalue weighted by molar-refractivity contribution is 7.99. The Morgan fingerprint density at radius 3 is 3.11 bits per heavy atom. The number of hydrogen-bond acceptors (Lipinski definition) is 4. The summed E-state index contributed by atoms with van der Waals surface area (Å²) in [7, 11) is 0. The summed E-state index contributed by atoms with van der Waals surface area (Å²) in [6.07, 6.45) is 3.50. The molecule has 1 aromatic carbocycles. The molecule has 3 rings (SSSR count). The number of fused-ring (bicyclic) bond motifs is 1. The number of nitrogens with two attached hydrogens (primary N) is 1. The molecule has 5 nitrogen and oxygen atoms in total. The summed E-state index contributed by atoms with van der Waals surface area (Å²) < 4.78 is 1.84. The van der Waals surface area contributed by atoms with Gasteiger partial charge in [0.1, 0.15) is 0 Å². The number of hydrogen-bond donors (Lipinski definition) is 2. The predicted molar refractivity (Wildman–Crippen MR) is 78.2 cm³/mol. The Kier molecular flexibility index (Phi) is 3.16. The van der Waals surface area contributed by atoms with Crippen molar-refractivity contribution in [3.05, 3.63) is 36.2 Å². The third kappa shape index (κ3) is 2.73. The Hall–Kier alpha value is -1.95. The van der Waals surface area contributed by atoms with E-state index in [0.29, 0.717) is 5.69 Å². The maximum Gasteiger partial charge on any atom is 0.166 e. The van der Waals surface area contributed by atoms with Gasteiger partial charge in [-0.1, -0.05) is 17.8 Å². The van der Waals surface area contributed by atoms with Gasteiger partial charge in [0.2, 0.25) is 0 Å². The minimum atomic E-state index is 0.698. The van der Waals surface area contributed by atoms with Crippen molar-refractivity contribution in [2.24, 2.45) is 0 Å². The molecule has 6 heteroatoms. The van der Waals surface area contributed by atoms with E-state index in [4.69, 9.17) is 5.73 Å². The van der Waals surface area contributed by atoms with E-state index in [1.54, 1.807) is 18.0 Å². The molecule has 0 aliphatic heterocycles. The minimum Gasteiger partial charge on any atom is -0.396 e. The van der Waals surface area contributed by atoms with Crippen LogP contribution in [0.4, 0.5) is 5.69 Å². The van der Waals surface area contributed by atoms with Crippen molar-refractivity contribution in [1.82, 2.24) is 19.7 Å². The molecule has 0 unspecified atom stereocenters. The van der Waals surface area contributed by atoms with Gasteiger partial charge in [0.25, 0.3) is 0 Å². The number of rotatable bonds is 4. The fraction of sp³-hybridized carbons (Fsp3) is 0.231. The molecular formula is C13H15N5S. The van der Waals surface area contributed by atoms with Gasteiger partial charge in [-0.3, -0.25) is 4.68 Å². The Balaban J connectivity index is 1.65. The maximum atomic E-state index is 5.62. The van der Waals surface area contributed by atoms with Crippen LogP contribution in [0.25, 0.3) is 11.0 Å². The van der Waals surface area contributed by atoms with Gasteiger partial charge in [-0.15, -0.1) is 0 Å². The summed E-state index contributed by atoms with van der Waals surface area (Å²) in [5.41, 5.74) is 9.65. The Morgan fingerprint density at radius 2 is 2.32 bits per heavy atom. The highest BCUT2D eigenvalue weighted by atomic mass is 32.2. The molecule has 2 aromatic heterocycles. The van der Waals surface area contributed by atoms with Crippen molar-refractivity contribution < 1.29 is 0 Å². The monoisotopic (exact) mass is 273 g/mol. The molecule has 0 fully saturated rings. The molecule has 3 N–H and O–H groups in total. The summed E-state index contributed by atoms with van der Waals surface area (Å²) in [5, 5.41) is 5.09. The highest BCUT2D eigenvalue weighted by Gasteiger charge is 2.03. The van der Waals surface area contributed by atoms with E-state index >= 15 is 0 Å². The number of anilines is 1. The van der Waals surface area contributed by atoms with E-state index in [-0.39, 0.29) is 0 Å². The minimum absolute atomic E-state index is 0.698. The fourth-order valence-electron chi connectivity index (χ4n) is 1.91. The molecule has 98 valence electrons. The molecule has 19 heavy (non-hydrogen) atoms. The van der Waals surface area contributed by atoms with Crippen LogP contribution in [-0.4, -0.2) is 25.5 Å². The van der Waals surface area contributed by atoms with Gasteiger partial charge < -0.3 is 10.7 Å². The lowest BCUT2D eigenvalue weighted by Gasteiger charge is -1.98. The van der Waals surface area contributed by atoms with E-state index in [1.807, 2.05) is 16.9 Å². The number of H-pyrrole nitrogens is 1. The van der Waals surface area contributed by atoms with E-state index < -0.39 is 0 Å². The van der Waals surface area contributed by atoms with E-state index in [0.717, 1.165) is 28.5 Å². The molecule has 0 atom stereocenters. The molecule has 0 amide bonds. The van der Waals surface area contributed by atoms with Crippen LogP contribution in [0.2, 0.25) is 0 Å². The summed E-state index contributed by atoms with van der Waals surface area (Å²) in [6.45, 7) is 2.90. The van der Waals surface area contributed by atoms with Crippen molar-refractivity contribution >= 4 is 28.5 Å². The van der Waals surface area contributed by atoms with Gasteiger partial charge in [0.05, 0.1) is 29.5 Å². The second kappa shape index (κ2) is 4.97. The second-order valence-electron chi connectivity index (χ2n) is 4.45. The molecule has 0 saturated heterocycles. The van der Waals surface area contributed by atoms with Gasteiger partial charge in [0, 0.05) is 11.9 Å². The fourth-order valence-corrected chi connectivity index (χ4v) is 2.72. The van der Waals surface area contributed by atoms with Crippen molar-refractivity contribution in [2.45, 2.75) is 18.6 Å². The molecule has 0 aliphatic carbocycles. The van der Waals surface area contributed by atoms with E-state index in [2.05, 4.69) is 34.1 Å². The van der Waals surface area contributed by atoms with Crippen molar-refractivity contribution in [3.8, 4) is 0 Å². The first-order valence-electron chi connectivity index (χ1n) is 6.08. The number of imidazole rings is 1. The lowest BCUT2D eigenvalue weighted by Crippen LogP contribution is -2.00. The number of thioether (sulfide) groups is 1. The molecule has 0 saturated carbocycles. The van der Waals surface area contributed by atoms with Crippen molar-refractivity contribution in [2.75, 3.05) is 11.5 Å². The van der Waals surface area contributed by atoms with Crippen LogP contribution in [0.15, 0.2) is 35.7 Å². The largest absolute Gasteiger partial charge is 0.396 e. The smallest absolute Gasteiger partial charge is 0.166 e. The third-order valence-corrected chi connectivity index (χ3v) is 3.68. The lowest BCUT2D eigenvalue weighted by molar-refractivity contribution is 0.666. The molecule has 0 radical (unpaired) electrons. The van der Waals surface area contributed by atoms with Crippen LogP contribution in [-0.2, 0) is 6.54 Å². The molecule has 0 bridgehead atoms. The van der Waals surface area contributed by atoms with Crippen molar-refractivity contribution in [3.63, 3.8) is 0 Å². The zero-order chi connectivity index (χ0) is 13.2. The standard InChI is InChI=1S/C13H15N5S/c1-9-2-3-11-12(6-9)17-13(16-11)19-5-4-18-8-10(14)7-15-18/h2-3,6-8H,4-5,14H2,1H3,(H,16,17). The molecule has 0 spiro atoms. The third-order valence-electron chi connectivity index (χ3n) is 2.83. The predicted octanol–water partition coefficient (Wildman–Crippen LogP) is 2.44. The lowest BCUT2D eigenvalue weighted by atomic mass is 10.2. The van der Waals surface area contributed by atoms with E-state index in [1.165, 1.54) is 5.56 Å². The molecule has 3 aromatic rings. The van der Waals surface area contributed by atoms with Crippen molar-refractivity contribution in [1.29, 1.82) is 0 Å². The average Bonchev–Trinajstić information content (AvgIpc) is 2.95. The first kappa shape index (κ1) is 12.1. The Bertz CT molecular complexity index is 700. The Morgan fingerprint density at radius 1 is 1.42 bits per heavy atom. The molecule has 0 aliphatic rings. The van der Waals surface area contributed by atoms with Crippen LogP contribution in [0.3, 0.4) is 0 Å². The summed E-state index contributed by atoms with van der Waals surface area (Å²) in [5.74, 6) is 0.903. The second-order valence-corrected chi connectivity index (χ2v) is 5.53. The quantitative estimate of drug-likeness (QED) is 0.716. The molecular weight excluding hydrogens is 258 g/mol. The highest BCUT2D eigenvalue weighted by Crippen LogP contribution is 2.20. The summed E-state index contributed by atoms with van der Waals surface area (Å²) >= 11 is 1.69. The number of aromatic nitrogens is 4. The number of nitrogens with one attached hydrogen (secondary N) is 1. The van der Waals surface area contributed by atoms with Gasteiger partial charge in [-0.25, -0.2) is 4.98 Å². The van der Waals surface area contributed by atoms with Crippen LogP contribution < -0.4 is 5.73 Å². The van der Waals surface area contributed by atoms with Gasteiger partial charge >= 0.3 is 0 Å². The van der Waals surface area contributed by atoms with Gasteiger partial charge in [0.15, 0.2) is 5.16 Å². The average molecular weight is 273 g/mol. The van der Waals surface area contributed by atoms with Gasteiger partial charge in [-0.2, -0.15) is 5.10 Å². The number of nitrogen functional groups attached to an aromatic ring is 1. The topological polar surface area (TPSA) is 72.5 Å².